The van der Waals surface area contributed by atoms with Crippen molar-refractivity contribution in [2.24, 2.45) is 0 Å². The van der Waals surface area contributed by atoms with E-state index in [0.717, 1.165) is 19.4 Å². The minimum absolute atomic E-state index is 0.0723. The number of hydrogen-bond acceptors (Lipinski definition) is 6. The zero-order valence-electron chi connectivity index (χ0n) is 16.9. The highest BCUT2D eigenvalue weighted by Gasteiger charge is 2.30. The maximum absolute atomic E-state index is 13.8. The van der Waals surface area contributed by atoms with Gasteiger partial charge in [-0.05, 0) is 36.4 Å². The number of likely N-dealkylation sites (tertiary alicyclic amines) is 1. The Balaban J connectivity index is 1.40. The molecule has 0 unspecified atom stereocenters. The minimum atomic E-state index is -0.427. The number of thioether (sulfide) groups is 1. The number of halogens is 1. The summed E-state index contributed by atoms with van der Waals surface area (Å²) in [6.45, 7) is 5.11. The highest BCUT2D eigenvalue weighted by atomic mass is 32.2. The predicted octanol–water partition coefficient (Wildman–Crippen LogP) is 4.70. The second-order valence-corrected chi connectivity index (χ2v) is 8.99. The maximum atomic E-state index is 13.8. The molecule has 3 heterocycles. The van der Waals surface area contributed by atoms with Crippen molar-refractivity contribution in [3.8, 4) is 5.75 Å². The SMILES string of the molecule is C=CCn1c(COc2ccccc2F)nnc1SCC(=O)N1CCC[C@H]1c1cccs1. The zero-order chi connectivity index (χ0) is 21.6. The number of aromatic nitrogens is 3. The molecule has 4 rings (SSSR count). The first-order valence-corrected chi connectivity index (χ1v) is 11.9. The number of allylic oxidation sites excluding steroid dienone is 1. The molecule has 0 saturated carbocycles. The molecule has 6 nitrogen and oxygen atoms in total. The van der Waals surface area contributed by atoms with Crippen LogP contribution in [0.15, 0.2) is 59.6 Å². The Labute approximate surface area is 188 Å². The van der Waals surface area contributed by atoms with Crippen molar-refractivity contribution < 1.29 is 13.9 Å². The van der Waals surface area contributed by atoms with Crippen molar-refractivity contribution in [1.82, 2.24) is 19.7 Å². The molecule has 162 valence electrons. The molecule has 3 aromatic rings. The smallest absolute Gasteiger partial charge is 0.233 e. The molecule has 0 aliphatic carbocycles. The number of benzene rings is 1. The Bertz CT molecular complexity index is 1040. The number of rotatable bonds is 9. The van der Waals surface area contributed by atoms with Crippen LogP contribution in [0, 0.1) is 5.82 Å². The molecule has 2 aromatic heterocycles. The fourth-order valence-corrected chi connectivity index (χ4v) is 5.33. The van der Waals surface area contributed by atoms with Gasteiger partial charge in [0.05, 0.1) is 11.8 Å². The van der Waals surface area contributed by atoms with Gasteiger partial charge >= 0.3 is 0 Å². The van der Waals surface area contributed by atoms with Crippen molar-refractivity contribution in [2.45, 2.75) is 37.2 Å². The Morgan fingerprint density at radius 3 is 2.97 bits per heavy atom. The third-order valence-corrected chi connectivity index (χ3v) is 6.99. The van der Waals surface area contributed by atoms with Crippen LogP contribution in [-0.2, 0) is 17.9 Å². The number of ether oxygens (including phenoxy) is 1. The van der Waals surface area contributed by atoms with Crippen molar-refractivity contribution in [3.63, 3.8) is 0 Å². The monoisotopic (exact) mass is 458 g/mol. The standard InChI is InChI=1S/C22H23FN4O2S2/c1-2-11-27-20(14-29-18-9-4-3-7-16(18)23)24-25-22(27)31-15-21(28)26-12-5-8-17(26)19-10-6-13-30-19/h2-4,6-7,9-10,13,17H,1,5,8,11-12,14-15H2/t17-/m0/s1. The van der Waals surface area contributed by atoms with Crippen LogP contribution in [0.4, 0.5) is 4.39 Å². The third-order valence-electron chi connectivity index (χ3n) is 5.07. The van der Waals surface area contributed by atoms with E-state index < -0.39 is 5.82 Å². The number of hydrogen-bond donors (Lipinski definition) is 0. The molecule has 1 aliphatic rings. The van der Waals surface area contributed by atoms with Gasteiger partial charge in [0.2, 0.25) is 5.91 Å². The Hall–Kier alpha value is -2.65. The van der Waals surface area contributed by atoms with Gasteiger partial charge in [-0.1, -0.05) is 36.0 Å². The summed E-state index contributed by atoms with van der Waals surface area (Å²) in [5, 5.41) is 11.1. The Kier molecular flexibility index (Phi) is 7.03. The Morgan fingerprint density at radius 1 is 1.32 bits per heavy atom. The van der Waals surface area contributed by atoms with Crippen LogP contribution in [0.1, 0.15) is 29.6 Å². The fraction of sp³-hybridized carbons (Fsp3) is 0.318. The first-order valence-electron chi connectivity index (χ1n) is 10.0. The van der Waals surface area contributed by atoms with E-state index >= 15 is 0 Å². The van der Waals surface area contributed by atoms with Crippen LogP contribution >= 0.6 is 23.1 Å². The van der Waals surface area contributed by atoms with Crippen molar-refractivity contribution in [1.29, 1.82) is 0 Å². The fourth-order valence-electron chi connectivity index (χ4n) is 3.60. The molecule has 9 heteroatoms. The highest BCUT2D eigenvalue weighted by Crippen LogP contribution is 2.35. The molecular formula is C22H23FN4O2S2. The van der Waals surface area contributed by atoms with Crippen LogP contribution in [0.25, 0.3) is 0 Å². The molecule has 31 heavy (non-hydrogen) atoms. The molecular weight excluding hydrogens is 435 g/mol. The number of carbonyl (C=O) groups excluding carboxylic acids is 1. The maximum Gasteiger partial charge on any atom is 0.233 e. The lowest BCUT2D eigenvalue weighted by Crippen LogP contribution is -2.31. The number of carbonyl (C=O) groups is 1. The van der Waals surface area contributed by atoms with E-state index in [1.807, 2.05) is 20.9 Å². The minimum Gasteiger partial charge on any atom is -0.483 e. The molecule has 1 fully saturated rings. The predicted molar refractivity (Wildman–Crippen MR) is 120 cm³/mol. The molecule has 0 spiro atoms. The summed E-state index contributed by atoms with van der Waals surface area (Å²) in [4.78, 5) is 16.1. The van der Waals surface area contributed by atoms with Gasteiger partial charge in [-0.3, -0.25) is 9.36 Å². The van der Waals surface area contributed by atoms with Crippen molar-refractivity contribution in [3.05, 3.63) is 71.0 Å². The average Bonchev–Trinajstić information content (AvgIpc) is 3.53. The summed E-state index contributed by atoms with van der Waals surface area (Å²) in [7, 11) is 0. The zero-order valence-corrected chi connectivity index (χ0v) is 18.6. The number of nitrogens with zero attached hydrogens (tertiary/aromatic N) is 4. The normalized spacial score (nSPS) is 15.9. The molecule has 1 saturated heterocycles. The summed E-state index contributed by atoms with van der Waals surface area (Å²) in [6, 6.07) is 10.5. The largest absolute Gasteiger partial charge is 0.483 e. The lowest BCUT2D eigenvalue weighted by molar-refractivity contribution is -0.129. The van der Waals surface area contributed by atoms with Gasteiger partial charge in [-0.25, -0.2) is 4.39 Å². The summed E-state index contributed by atoms with van der Waals surface area (Å²) in [5.41, 5.74) is 0. The number of amides is 1. The van der Waals surface area contributed by atoms with E-state index in [1.54, 1.807) is 35.6 Å². The molecule has 0 bridgehead atoms. The quantitative estimate of drug-likeness (QED) is 0.344. The van der Waals surface area contributed by atoms with Gasteiger partial charge in [0.25, 0.3) is 0 Å². The van der Waals surface area contributed by atoms with Gasteiger partial charge in [0, 0.05) is 18.0 Å². The summed E-state index contributed by atoms with van der Waals surface area (Å²) in [5.74, 6) is 0.664. The number of para-hydroxylation sites is 1. The van der Waals surface area contributed by atoms with Crippen molar-refractivity contribution >= 4 is 29.0 Å². The van der Waals surface area contributed by atoms with Crippen LogP contribution in [0.5, 0.6) is 5.75 Å². The average molecular weight is 459 g/mol. The van der Waals surface area contributed by atoms with Gasteiger partial charge in [0.1, 0.15) is 6.61 Å². The van der Waals surface area contributed by atoms with Crippen molar-refractivity contribution in [2.75, 3.05) is 12.3 Å². The van der Waals surface area contributed by atoms with Crippen LogP contribution in [0.2, 0.25) is 0 Å². The van der Waals surface area contributed by atoms with Crippen LogP contribution in [0.3, 0.4) is 0 Å². The van der Waals surface area contributed by atoms with E-state index in [9.17, 15) is 9.18 Å². The first-order chi connectivity index (χ1) is 15.2. The lowest BCUT2D eigenvalue weighted by Gasteiger charge is -2.23. The van der Waals surface area contributed by atoms with Crippen LogP contribution in [-0.4, -0.2) is 37.9 Å². The summed E-state index contributed by atoms with van der Waals surface area (Å²) in [6.07, 6.45) is 3.75. The number of thiophene rings is 1. The lowest BCUT2D eigenvalue weighted by atomic mass is 10.2. The van der Waals surface area contributed by atoms with E-state index in [4.69, 9.17) is 4.74 Å². The molecule has 0 N–H and O–H groups in total. The summed E-state index contributed by atoms with van der Waals surface area (Å²) >= 11 is 3.04. The third kappa shape index (κ3) is 4.99. The van der Waals surface area contributed by atoms with Crippen LogP contribution < -0.4 is 4.74 Å². The Morgan fingerprint density at radius 2 is 2.19 bits per heavy atom. The molecule has 1 aromatic carbocycles. The van der Waals surface area contributed by atoms with E-state index in [0.29, 0.717) is 17.5 Å². The van der Waals surface area contributed by atoms with E-state index in [2.05, 4.69) is 22.8 Å². The molecule has 1 atom stereocenters. The molecule has 1 aliphatic heterocycles. The molecule has 0 radical (unpaired) electrons. The topological polar surface area (TPSA) is 60.2 Å². The second-order valence-electron chi connectivity index (χ2n) is 7.07. The first kappa shape index (κ1) is 21.6. The van der Waals surface area contributed by atoms with Gasteiger partial charge in [-0.2, -0.15) is 0 Å². The van der Waals surface area contributed by atoms with Gasteiger partial charge in [0.15, 0.2) is 22.5 Å². The van der Waals surface area contributed by atoms with E-state index in [-0.39, 0.29) is 30.1 Å². The highest BCUT2D eigenvalue weighted by molar-refractivity contribution is 7.99. The summed E-state index contributed by atoms with van der Waals surface area (Å²) < 4.78 is 21.2. The second kappa shape index (κ2) is 10.1. The van der Waals surface area contributed by atoms with E-state index in [1.165, 1.54) is 22.7 Å². The van der Waals surface area contributed by atoms with Gasteiger partial charge in [-0.15, -0.1) is 28.1 Å². The van der Waals surface area contributed by atoms with Gasteiger partial charge < -0.3 is 9.64 Å². The molecule has 1 amide bonds.